The first-order valence-corrected chi connectivity index (χ1v) is 15.3. The summed E-state index contributed by atoms with van der Waals surface area (Å²) in [5.74, 6) is 0. The molecule has 180 valence electrons. The van der Waals surface area contributed by atoms with Crippen LogP contribution in [-0.4, -0.2) is 82.5 Å². The molecular weight excluding hydrogens is 423 g/mol. The molecule has 1 aromatic rings. The van der Waals surface area contributed by atoms with Gasteiger partial charge in [0.2, 0.25) is 0 Å². The molecule has 4 saturated heterocycles. The number of hydrogen-bond acceptors (Lipinski definition) is 0. The monoisotopic (exact) mass is 468 g/mol. The Labute approximate surface area is 203 Å². The van der Waals surface area contributed by atoms with Gasteiger partial charge >= 0.3 is 0 Å². The van der Waals surface area contributed by atoms with Crippen molar-refractivity contribution in [3.8, 4) is 0 Å². The highest BCUT2D eigenvalue weighted by molar-refractivity contribution is 7.94. The number of amidine groups is 2. The number of nitrogens with zero attached hydrogens (tertiary/aromatic N) is 4. The van der Waals surface area contributed by atoms with E-state index in [1.165, 1.54) is 129 Å². The van der Waals surface area contributed by atoms with Gasteiger partial charge in [-0.3, -0.25) is 19.0 Å². The van der Waals surface area contributed by atoms with Crippen LogP contribution in [-0.2, 0) is 0 Å². The van der Waals surface area contributed by atoms with Crippen molar-refractivity contribution in [2.24, 2.45) is 0 Å². The van der Waals surface area contributed by atoms with E-state index in [-0.39, 0.29) is 0 Å². The normalized spacial score (nSPS) is 22.6. The first-order valence-electron chi connectivity index (χ1n) is 14.0. The number of likely N-dealkylation sites (tertiary alicyclic amines) is 2. The predicted octanol–water partition coefficient (Wildman–Crippen LogP) is 4.87. The van der Waals surface area contributed by atoms with Gasteiger partial charge in [0.15, 0.2) is 7.92 Å². The van der Waals surface area contributed by atoms with E-state index in [1.54, 1.807) is 16.5 Å². The van der Waals surface area contributed by atoms with Gasteiger partial charge in [-0.25, -0.2) is 0 Å². The van der Waals surface area contributed by atoms with E-state index in [1.807, 2.05) is 0 Å². The average molecular weight is 469 g/mol. The van der Waals surface area contributed by atoms with Gasteiger partial charge in [-0.2, -0.15) is 0 Å². The Morgan fingerprint density at radius 2 is 0.909 bits per heavy atom. The third kappa shape index (κ3) is 5.64. The van der Waals surface area contributed by atoms with Crippen molar-refractivity contribution in [1.29, 1.82) is 0 Å². The molecule has 0 aliphatic carbocycles. The second-order valence-electron chi connectivity index (χ2n) is 10.5. The largest absolute Gasteiger partial charge is 0.284 e. The molecule has 0 spiro atoms. The van der Waals surface area contributed by atoms with E-state index in [4.69, 9.17) is 0 Å². The Kier molecular flexibility index (Phi) is 8.36. The lowest BCUT2D eigenvalue weighted by atomic mass is 10.1. The lowest BCUT2D eigenvalue weighted by Crippen LogP contribution is -2.49. The summed E-state index contributed by atoms with van der Waals surface area (Å²) in [5.41, 5.74) is 3.42. The molecule has 0 amide bonds. The molecule has 0 N–H and O–H groups in total. The van der Waals surface area contributed by atoms with E-state index in [9.17, 15) is 0 Å². The van der Waals surface area contributed by atoms with Crippen LogP contribution in [0.2, 0.25) is 0 Å². The van der Waals surface area contributed by atoms with E-state index in [0.29, 0.717) is 0 Å². The van der Waals surface area contributed by atoms with Crippen molar-refractivity contribution in [3.05, 3.63) is 30.3 Å². The lowest BCUT2D eigenvalue weighted by molar-refractivity contribution is -0.541. The van der Waals surface area contributed by atoms with Gasteiger partial charge in [0.1, 0.15) is 0 Å². The maximum atomic E-state index is 2.85. The standard InChI is InChI=1S/C28H45N4P/c1-6-16-26(17-7-1)33(27(29-18-8-2-9-19-29)30-20-10-3-11-21-30)28(31-22-12-4-13-23-31)32-24-14-5-15-25-32/h1,6-7,16-17H,2-5,8-15,18-25H2/q+2. The zero-order valence-corrected chi connectivity index (χ0v) is 21.7. The molecule has 4 nitrogen and oxygen atoms in total. The average Bonchev–Trinajstić information content (AvgIpc) is 2.91. The topological polar surface area (TPSA) is 12.5 Å². The smallest absolute Gasteiger partial charge is 0.261 e. The van der Waals surface area contributed by atoms with Gasteiger partial charge in [0.25, 0.3) is 11.2 Å². The maximum absolute atomic E-state index is 2.85. The van der Waals surface area contributed by atoms with Gasteiger partial charge in [-0.1, -0.05) is 30.3 Å². The fraction of sp³-hybridized carbons (Fsp3) is 0.714. The Bertz CT molecular complexity index is 756. The number of benzene rings is 1. The van der Waals surface area contributed by atoms with E-state index >= 15 is 0 Å². The van der Waals surface area contributed by atoms with Crippen molar-refractivity contribution in [2.75, 3.05) is 52.4 Å². The minimum atomic E-state index is -0.537. The molecule has 33 heavy (non-hydrogen) atoms. The summed E-state index contributed by atoms with van der Waals surface area (Å²) in [5, 5.41) is 1.57. The second-order valence-corrected chi connectivity index (χ2v) is 12.4. The minimum absolute atomic E-state index is 0.537. The fourth-order valence-corrected chi connectivity index (χ4v) is 9.28. The van der Waals surface area contributed by atoms with Crippen molar-refractivity contribution in [3.63, 3.8) is 0 Å². The molecule has 0 unspecified atom stereocenters. The Morgan fingerprint density at radius 1 is 0.515 bits per heavy atom. The van der Waals surface area contributed by atoms with Crippen LogP contribution in [0.5, 0.6) is 0 Å². The molecular formula is C28H45N4P+2. The maximum Gasteiger partial charge on any atom is 0.284 e. The minimum Gasteiger partial charge on any atom is -0.261 e. The molecule has 4 aliphatic heterocycles. The van der Waals surface area contributed by atoms with Crippen LogP contribution in [0.3, 0.4) is 0 Å². The number of hydrogen-bond donors (Lipinski definition) is 0. The molecule has 5 rings (SSSR count). The van der Waals surface area contributed by atoms with Crippen LogP contribution in [0, 0.1) is 0 Å². The summed E-state index contributed by atoms with van der Waals surface area (Å²) in [7, 11) is -0.537. The molecule has 4 fully saturated rings. The third-order valence-corrected chi connectivity index (χ3v) is 10.7. The van der Waals surface area contributed by atoms with Crippen molar-refractivity contribution < 1.29 is 9.15 Å². The summed E-state index contributed by atoms with van der Waals surface area (Å²) < 4.78 is 5.70. The van der Waals surface area contributed by atoms with Crippen LogP contribution in [0.15, 0.2) is 30.3 Å². The molecule has 4 heterocycles. The zero-order chi connectivity index (χ0) is 22.3. The van der Waals surface area contributed by atoms with Gasteiger partial charge < -0.3 is 0 Å². The van der Waals surface area contributed by atoms with Crippen molar-refractivity contribution in [2.45, 2.75) is 77.0 Å². The highest BCUT2D eigenvalue weighted by atomic mass is 31.1. The van der Waals surface area contributed by atoms with Crippen LogP contribution in [0.1, 0.15) is 77.0 Å². The van der Waals surface area contributed by atoms with Crippen LogP contribution < -0.4 is 5.30 Å². The molecule has 0 saturated carbocycles. The molecule has 1 aromatic carbocycles. The van der Waals surface area contributed by atoms with E-state index < -0.39 is 7.92 Å². The highest BCUT2D eigenvalue weighted by Gasteiger charge is 2.45. The van der Waals surface area contributed by atoms with Gasteiger partial charge in [-0.15, -0.1) is 0 Å². The molecule has 5 heteroatoms. The molecule has 0 radical (unpaired) electrons. The SMILES string of the molecule is c1ccc(P(C(N2CCCCC2)=[N+]2CCCCC2)C(N2CCCCC2)=[N+]2CCCCC2)cc1. The van der Waals surface area contributed by atoms with Gasteiger partial charge in [0, 0.05) is 0 Å². The summed E-state index contributed by atoms with van der Waals surface area (Å²) in [6.45, 7) is 10.0. The molecule has 0 bridgehead atoms. The number of piperidine rings is 4. The first-order chi connectivity index (χ1) is 16.4. The van der Waals surface area contributed by atoms with Crippen LogP contribution >= 0.6 is 7.92 Å². The first kappa shape index (κ1) is 23.3. The summed E-state index contributed by atoms with van der Waals surface area (Å²) in [6.07, 6.45) is 16.5. The zero-order valence-electron chi connectivity index (χ0n) is 20.8. The van der Waals surface area contributed by atoms with E-state index in [2.05, 4.69) is 49.3 Å². The lowest BCUT2D eigenvalue weighted by Gasteiger charge is -2.35. The second kappa shape index (κ2) is 11.8. The van der Waals surface area contributed by atoms with Crippen molar-refractivity contribution >= 4 is 24.4 Å². The summed E-state index contributed by atoms with van der Waals surface area (Å²) in [6, 6.07) is 11.7. The Balaban J connectivity index is 1.67. The molecule has 0 aromatic heterocycles. The fourth-order valence-electron chi connectivity index (χ4n) is 6.24. The Morgan fingerprint density at radius 3 is 1.33 bits per heavy atom. The van der Waals surface area contributed by atoms with E-state index in [0.717, 1.165) is 0 Å². The predicted molar refractivity (Wildman–Crippen MR) is 142 cm³/mol. The van der Waals surface area contributed by atoms with Gasteiger partial charge in [-0.05, 0) is 82.4 Å². The Hall–Kier alpha value is -1.41. The summed E-state index contributed by atoms with van der Waals surface area (Å²) in [4.78, 5) is 5.70. The van der Waals surface area contributed by atoms with Crippen LogP contribution in [0.4, 0.5) is 0 Å². The quantitative estimate of drug-likeness (QED) is 0.357. The van der Waals surface area contributed by atoms with Crippen LogP contribution in [0.25, 0.3) is 0 Å². The number of rotatable bonds is 3. The summed E-state index contributed by atoms with van der Waals surface area (Å²) >= 11 is 0. The van der Waals surface area contributed by atoms with Gasteiger partial charge in [0.05, 0.1) is 52.4 Å². The third-order valence-electron chi connectivity index (χ3n) is 7.97. The van der Waals surface area contributed by atoms with Crippen molar-refractivity contribution in [1.82, 2.24) is 9.80 Å². The molecule has 0 atom stereocenters. The molecule has 4 aliphatic rings. The highest BCUT2D eigenvalue weighted by Crippen LogP contribution is 2.43.